The maximum absolute atomic E-state index is 11.4. The second kappa shape index (κ2) is 4.65. The molecule has 0 atom stereocenters. The standard InChI is InChI=1S/C12H16N4O4S/c1-7-9(21(14,17)18)6-8(19-7)10-15-11(16-20-10)12(13)4-2-3-5-12/h6H,2-5,13H2,1H3,(H2,14,17,18). The van der Waals surface area contributed by atoms with E-state index < -0.39 is 15.6 Å². The number of aryl methyl sites for hydroxylation is 1. The SMILES string of the molecule is Cc1oc(-c2nc(C3(N)CCCC3)no2)cc1S(N)(=O)=O. The molecule has 114 valence electrons. The Bertz CT molecular complexity index is 771. The summed E-state index contributed by atoms with van der Waals surface area (Å²) in [5.41, 5.74) is 5.67. The van der Waals surface area contributed by atoms with E-state index in [2.05, 4.69) is 10.1 Å². The summed E-state index contributed by atoms with van der Waals surface area (Å²) in [6, 6.07) is 1.28. The summed E-state index contributed by atoms with van der Waals surface area (Å²) < 4.78 is 33.3. The molecule has 2 heterocycles. The Labute approximate surface area is 121 Å². The summed E-state index contributed by atoms with van der Waals surface area (Å²) >= 11 is 0. The number of nitrogens with two attached hydrogens (primary N) is 2. The van der Waals surface area contributed by atoms with E-state index in [0.717, 1.165) is 25.7 Å². The Balaban J connectivity index is 1.97. The highest BCUT2D eigenvalue weighted by Gasteiger charge is 2.36. The first-order chi connectivity index (χ1) is 9.79. The summed E-state index contributed by atoms with van der Waals surface area (Å²) in [4.78, 5) is 4.14. The lowest BCUT2D eigenvalue weighted by molar-refractivity contribution is 0.367. The third kappa shape index (κ3) is 2.47. The molecule has 1 fully saturated rings. The zero-order valence-electron chi connectivity index (χ0n) is 11.5. The number of aromatic nitrogens is 2. The van der Waals surface area contributed by atoms with E-state index in [4.69, 9.17) is 19.8 Å². The maximum atomic E-state index is 11.4. The molecular weight excluding hydrogens is 296 g/mol. The lowest BCUT2D eigenvalue weighted by Gasteiger charge is -2.17. The molecule has 1 aliphatic rings. The molecule has 0 aromatic carbocycles. The van der Waals surface area contributed by atoms with Gasteiger partial charge >= 0.3 is 0 Å². The molecule has 0 bridgehead atoms. The Morgan fingerprint density at radius 2 is 2.00 bits per heavy atom. The van der Waals surface area contributed by atoms with Gasteiger partial charge in [-0.1, -0.05) is 18.0 Å². The first-order valence-electron chi connectivity index (χ1n) is 6.56. The monoisotopic (exact) mass is 312 g/mol. The van der Waals surface area contributed by atoms with Gasteiger partial charge in [0.05, 0.1) is 5.54 Å². The van der Waals surface area contributed by atoms with E-state index in [-0.39, 0.29) is 22.3 Å². The fourth-order valence-corrected chi connectivity index (χ4v) is 3.32. The van der Waals surface area contributed by atoms with Crippen molar-refractivity contribution in [1.82, 2.24) is 10.1 Å². The highest BCUT2D eigenvalue weighted by atomic mass is 32.2. The molecule has 9 heteroatoms. The molecule has 0 aliphatic heterocycles. The largest absolute Gasteiger partial charge is 0.455 e. The minimum Gasteiger partial charge on any atom is -0.455 e. The Kier molecular flexibility index (Phi) is 3.15. The van der Waals surface area contributed by atoms with E-state index in [9.17, 15) is 8.42 Å². The van der Waals surface area contributed by atoms with Crippen LogP contribution in [0.5, 0.6) is 0 Å². The van der Waals surface area contributed by atoms with E-state index in [1.165, 1.54) is 13.0 Å². The van der Waals surface area contributed by atoms with Crippen molar-refractivity contribution in [2.45, 2.75) is 43.0 Å². The average Bonchev–Trinajstić information content (AvgIpc) is 3.05. The van der Waals surface area contributed by atoms with Crippen LogP contribution in [0, 0.1) is 6.92 Å². The number of furan rings is 1. The molecular formula is C12H16N4O4S. The molecule has 3 rings (SSSR count). The van der Waals surface area contributed by atoms with Crippen molar-refractivity contribution < 1.29 is 17.4 Å². The zero-order chi connectivity index (χ0) is 15.3. The predicted octanol–water partition coefficient (Wildman–Crippen LogP) is 1.01. The summed E-state index contributed by atoms with van der Waals surface area (Å²) in [5, 5.41) is 9.00. The van der Waals surface area contributed by atoms with Gasteiger partial charge in [-0.3, -0.25) is 0 Å². The van der Waals surface area contributed by atoms with Crippen LogP contribution in [-0.2, 0) is 15.6 Å². The molecule has 2 aromatic rings. The van der Waals surface area contributed by atoms with Gasteiger partial charge in [0.2, 0.25) is 10.0 Å². The molecule has 0 spiro atoms. The van der Waals surface area contributed by atoms with Gasteiger partial charge in [0.25, 0.3) is 5.89 Å². The molecule has 2 aromatic heterocycles. The highest BCUT2D eigenvalue weighted by Crippen LogP contribution is 2.36. The topological polar surface area (TPSA) is 138 Å². The zero-order valence-corrected chi connectivity index (χ0v) is 12.3. The van der Waals surface area contributed by atoms with Crippen LogP contribution in [0.2, 0.25) is 0 Å². The van der Waals surface area contributed by atoms with Crippen LogP contribution in [0.1, 0.15) is 37.3 Å². The van der Waals surface area contributed by atoms with Crippen molar-refractivity contribution in [3.05, 3.63) is 17.7 Å². The van der Waals surface area contributed by atoms with Gasteiger partial charge in [-0.05, 0) is 19.8 Å². The van der Waals surface area contributed by atoms with Gasteiger partial charge in [0.15, 0.2) is 11.6 Å². The summed E-state index contributed by atoms with van der Waals surface area (Å²) in [7, 11) is -3.85. The van der Waals surface area contributed by atoms with E-state index in [0.29, 0.717) is 5.82 Å². The van der Waals surface area contributed by atoms with Gasteiger partial charge in [-0.15, -0.1) is 0 Å². The number of sulfonamides is 1. The average molecular weight is 312 g/mol. The molecule has 4 N–H and O–H groups in total. The van der Waals surface area contributed by atoms with E-state index in [1.54, 1.807) is 0 Å². The van der Waals surface area contributed by atoms with Crippen molar-refractivity contribution >= 4 is 10.0 Å². The number of rotatable bonds is 3. The maximum Gasteiger partial charge on any atom is 0.293 e. The van der Waals surface area contributed by atoms with Gasteiger partial charge in [-0.25, -0.2) is 13.6 Å². The van der Waals surface area contributed by atoms with E-state index >= 15 is 0 Å². The molecule has 8 nitrogen and oxygen atoms in total. The van der Waals surface area contributed by atoms with Gasteiger partial charge in [0, 0.05) is 6.07 Å². The van der Waals surface area contributed by atoms with Gasteiger partial charge in [0.1, 0.15) is 10.7 Å². The van der Waals surface area contributed by atoms with Crippen molar-refractivity contribution in [1.29, 1.82) is 0 Å². The predicted molar refractivity (Wildman–Crippen MR) is 72.4 cm³/mol. The minimum atomic E-state index is -3.85. The highest BCUT2D eigenvalue weighted by molar-refractivity contribution is 7.89. The van der Waals surface area contributed by atoms with Gasteiger partial charge < -0.3 is 14.7 Å². The van der Waals surface area contributed by atoms with Crippen LogP contribution >= 0.6 is 0 Å². The Morgan fingerprint density at radius 1 is 1.33 bits per heavy atom. The summed E-state index contributed by atoms with van der Waals surface area (Å²) in [6.07, 6.45) is 3.64. The van der Waals surface area contributed by atoms with Crippen LogP contribution < -0.4 is 10.9 Å². The smallest absolute Gasteiger partial charge is 0.293 e. The van der Waals surface area contributed by atoms with Crippen LogP contribution in [0.3, 0.4) is 0 Å². The minimum absolute atomic E-state index is 0.0967. The molecule has 0 unspecified atom stereocenters. The lowest BCUT2D eigenvalue weighted by Crippen LogP contribution is -2.34. The Morgan fingerprint density at radius 3 is 2.57 bits per heavy atom. The molecule has 1 saturated carbocycles. The van der Waals surface area contributed by atoms with Crippen LogP contribution in [-0.4, -0.2) is 18.6 Å². The number of hydrogen-bond donors (Lipinski definition) is 2. The fourth-order valence-electron chi connectivity index (χ4n) is 2.61. The molecule has 0 amide bonds. The molecule has 21 heavy (non-hydrogen) atoms. The van der Waals surface area contributed by atoms with Crippen LogP contribution in [0.15, 0.2) is 19.9 Å². The Hall–Kier alpha value is -1.71. The van der Waals surface area contributed by atoms with E-state index in [1.807, 2.05) is 0 Å². The summed E-state index contributed by atoms with van der Waals surface area (Å²) in [6.45, 7) is 1.50. The number of hydrogen-bond acceptors (Lipinski definition) is 7. The second-order valence-electron chi connectivity index (χ2n) is 5.36. The van der Waals surface area contributed by atoms with Crippen molar-refractivity contribution in [2.24, 2.45) is 10.9 Å². The van der Waals surface area contributed by atoms with Gasteiger partial charge in [-0.2, -0.15) is 4.98 Å². The first-order valence-corrected chi connectivity index (χ1v) is 8.11. The van der Waals surface area contributed by atoms with Crippen molar-refractivity contribution in [3.63, 3.8) is 0 Å². The normalized spacial score (nSPS) is 18.2. The molecule has 1 aliphatic carbocycles. The van der Waals surface area contributed by atoms with Crippen LogP contribution in [0.4, 0.5) is 0 Å². The summed E-state index contributed by atoms with van der Waals surface area (Å²) in [5.74, 6) is 0.855. The molecule has 0 radical (unpaired) electrons. The molecule has 0 saturated heterocycles. The number of nitrogens with zero attached hydrogens (tertiary/aromatic N) is 2. The fraction of sp³-hybridized carbons (Fsp3) is 0.500. The second-order valence-corrected chi connectivity index (χ2v) is 6.89. The first kappa shape index (κ1) is 14.2. The third-order valence-electron chi connectivity index (χ3n) is 3.76. The number of primary sulfonamides is 1. The van der Waals surface area contributed by atoms with Crippen LogP contribution in [0.25, 0.3) is 11.7 Å². The van der Waals surface area contributed by atoms with Crippen molar-refractivity contribution in [2.75, 3.05) is 0 Å². The van der Waals surface area contributed by atoms with Crippen molar-refractivity contribution in [3.8, 4) is 11.7 Å². The quantitative estimate of drug-likeness (QED) is 0.862. The third-order valence-corrected chi connectivity index (χ3v) is 4.78. The lowest BCUT2D eigenvalue weighted by atomic mass is 9.99.